The van der Waals surface area contributed by atoms with E-state index in [9.17, 15) is 0 Å². The molecular weight excluding hydrogens is 246 g/mol. The number of hydrogen-bond acceptors (Lipinski definition) is 2. The molecule has 1 N–H and O–H groups in total. The van der Waals surface area contributed by atoms with Gasteiger partial charge in [-0.3, -0.25) is 0 Å². The molecule has 2 nitrogen and oxygen atoms in total. The summed E-state index contributed by atoms with van der Waals surface area (Å²) >= 11 is 0. The Kier molecular flexibility index (Phi) is 4.42. The first-order valence-electron chi connectivity index (χ1n) is 8.20. The van der Waals surface area contributed by atoms with Crippen LogP contribution in [0.1, 0.15) is 50.2 Å². The van der Waals surface area contributed by atoms with Crippen LogP contribution in [0.3, 0.4) is 0 Å². The van der Waals surface area contributed by atoms with Crippen molar-refractivity contribution in [1.82, 2.24) is 5.32 Å². The van der Waals surface area contributed by atoms with Crippen molar-refractivity contribution in [2.45, 2.75) is 57.6 Å². The van der Waals surface area contributed by atoms with Gasteiger partial charge in [-0.25, -0.2) is 0 Å². The molecule has 2 aliphatic rings. The summed E-state index contributed by atoms with van der Waals surface area (Å²) in [5.74, 6) is 1.46. The van der Waals surface area contributed by atoms with Gasteiger partial charge in [0.1, 0.15) is 0 Å². The fourth-order valence-corrected chi connectivity index (χ4v) is 3.78. The predicted molar refractivity (Wildman–Crippen MR) is 83.1 cm³/mol. The molecule has 1 aliphatic carbocycles. The zero-order valence-electron chi connectivity index (χ0n) is 12.8. The molecule has 20 heavy (non-hydrogen) atoms. The first-order chi connectivity index (χ1) is 9.78. The maximum Gasteiger partial charge on any atom is 0.0551 e. The molecular formula is C18H27NO. The van der Waals surface area contributed by atoms with Crippen LogP contribution < -0.4 is 5.32 Å². The van der Waals surface area contributed by atoms with Gasteiger partial charge in [0, 0.05) is 12.0 Å². The molecule has 0 amide bonds. The third-order valence-electron chi connectivity index (χ3n) is 4.95. The zero-order valence-corrected chi connectivity index (χ0v) is 12.8. The maximum absolute atomic E-state index is 5.79. The number of ether oxygens (including phenoxy) is 1. The summed E-state index contributed by atoms with van der Waals surface area (Å²) in [5, 5.41) is 3.78. The highest BCUT2D eigenvalue weighted by Gasteiger charge is 2.34. The van der Waals surface area contributed by atoms with Crippen LogP contribution in [0.2, 0.25) is 0 Å². The Hall–Kier alpha value is -0.860. The van der Waals surface area contributed by atoms with Crippen molar-refractivity contribution in [3.05, 3.63) is 35.4 Å². The molecule has 1 fully saturated rings. The summed E-state index contributed by atoms with van der Waals surface area (Å²) in [6, 6.07) is 9.56. The number of nitrogens with one attached hydrogen (secondary N) is 1. The minimum absolute atomic E-state index is 0.444. The average Bonchev–Trinajstić information content (AvgIpc) is 2.86. The summed E-state index contributed by atoms with van der Waals surface area (Å²) in [7, 11) is 0. The lowest BCUT2D eigenvalue weighted by Gasteiger charge is -2.35. The number of rotatable bonds is 6. The zero-order chi connectivity index (χ0) is 13.9. The topological polar surface area (TPSA) is 21.3 Å². The second-order valence-electron chi connectivity index (χ2n) is 6.54. The first-order valence-corrected chi connectivity index (χ1v) is 8.20. The van der Waals surface area contributed by atoms with Crippen LogP contribution in [-0.4, -0.2) is 25.3 Å². The minimum atomic E-state index is 0.444. The molecule has 1 aromatic rings. The van der Waals surface area contributed by atoms with E-state index in [1.165, 1.54) is 25.7 Å². The van der Waals surface area contributed by atoms with E-state index in [0.717, 1.165) is 19.1 Å². The van der Waals surface area contributed by atoms with Crippen molar-refractivity contribution < 1.29 is 4.74 Å². The second kappa shape index (κ2) is 6.28. The van der Waals surface area contributed by atoms with E-state index in [1.807, 2.05) is 0 Å². The SMILES string of the molecule is CCCNC(CC1Cc2ccccc21)C1COC(C)C1. The Morgan fingerprint density at radius 1 is 1.35 bits per heavy atom. The van der Waals surface area contributed by atoms with Crippen LogP contribution in [0.4, 0.5) is 0 Å². The molecule has 0 radical (unpaired) electrons. The normalized spacial score (nSPS) is 29.8. The smallest absolute Gasteiger partial charge is 0.0551 e. The lowest BCUT2D eigenvalue weighted by molar-refractivity contribution is 0.116. The van der Waals surface area contributed by atoms with Crippen LogP contribution in [0.15, 0.2) is 24.3 Å². The van der Waals surface area contributed by atoms with Gasteiger partial charge in [-0.1, -0.05) is 31.2 Å². The molecule has 4 atom stereocenters. The molecule has 110 valence electrons. The predicted octanol–water partition coefficient (Wildman–Crippen LogP) is 3.51. The Labute approximate surface area is 122 Å². The largest absolute Gasteiger partial charge is 0.378 e. The summed E-state index contributed by atoms with van der Waals surface area (Å²) in [6.45, 7) is 6.52. The molecule has 1 heterocycles. The minimum Gasteiger partial charge on any atom is -0.378 e. The summed E-state index contributed by atoms with van der Waals surface area (Å²) in [5.41, 5.74) is 3.14. The van der Waals surface area contributed by atoms with E-state index in [1.54, 1.807) is 11.1 Å². The molecule has 2 heteroatoms. The molecule has 0 aromatic heterocycles. The molecule has 0 saturated carbocycles. The highest BCUT2D eigenvalue weighted by Crippen LogP contribution is 2.39. The van der Waals surface area contributed by atoms with Crippen LogP contribution >= 0.6 is 0 Å². The van der Waals surface area contributed by atoms with Crippen molar-refractivity contribution in [2.24, 2.45) is 5.92 Å². The van der Waals surface area contributed by atoms with Crippen LogP contribution in [0.5, 0.6) is 0 Å². The maximum atomic E-state index is 5.79. The molecule has 0 bridgehead atoms. The molecule has 4 unspecified atom stereocenters. The molecule has 0 spiro atoms. The molecule has 1 aromatic carbocycles. The standard InChI is InChI=1S/C18H27NO/c1-3-8-19-18(16-9-13(2)20-12-16)11-15-10-14-6-4-5-7-17(14)15/h4-7,13,15-16,18-19H,3,8-12H2,1-2H3. The highest BCUT2D eigenvalue weighted by molar-refractivity contribution is 5.39. The van der Waals surface area contributed by atoms with E-state index in [0.29, 0.717) is 18.1 Å². The van der Waals surface area contributed by atoms with Crippen molar-refractivity contribution in [3.63, 3.8) is 0 Å². The molecule has 1 aliphatic heterocycles. The quantitative estimate of drug-likeness (QED) is 0.856. The third kappa shape index (κ3) is 2.91. The Balaban J connectivity index is 1.62. The fourth-order valence-electron chi connectivity index (χ4n) is 3.78. The molecule has 1 saturated heterocycles. The van der Waals surface area contributed by atoms with E-state index in [4.69, 9.17) is 4.74 Å². The van der Waals surface area contributed by atoms with Crippen molar-refractivity contribution in [3.8, 4) is 0 Å². The fraction of sp³-hybridized carbons (Fsp3) is 0.667. The van der Waals surface area contributed by atoms with Crippen molar-refractivity contribution >= 4 is 0 Å². The lowest BCUT2D eigenvalue weighted by Crippen LogP contribution is -2.40. The monoisotopic (exact) mass is 273 g/mol. The van der Waals surface area contributed by atoms with E-state index in [-0.39, 0.29) is 0 Å². The van der Waals surface area contributed by atoms with Gasteiger partial charge in [0.15, 0.2) is 0 Å². The van der Waals surface area contributed by atoms with Gasteiger partial charge in [0.25, 0.3) is 0 Å². The van der Waals surface area contributed by atoms with Gasteiger partial charge in [-0.15, -0.1) is 0 Å². The van der Waals surface area contributed by atoms with E-state index >= 15 is 0 Å². The van der Waals surface area contributed by atoms with Crippen LogP contribution in [0.25, 0.3) is 0 Å². The van der Waals surface area contributed by atoms with Gasteiger partial charge < -0.3 is 10.1 Å². The van der Waals surface area contributed by atoms with Gasteiger partial charge in [0.05, 0.1) is 12.7 Å². The summed E-state index contributed by atoms with van der Waals surface area (Å²) in [4.78, 5) is 0. The summed E-state index contributed by atoms with van der Waals surface area (Å²) in [6.07, 6.45) is 5.41. The first kappa shape index (κ1) is 14.1. The van der Waals surface area contributed by atoms with Crippen molar-refractivity contribution in [2.75, 3.05) is 13.2 Å². The average molecular weight is 273 g/mol. The van der Waals surface area contributed by atoms with Gasteiger partial charge >= 0.3 is 0 Å². The summed E-state index contributed by atoms with van der Waals surface area (Å²) < 4.78 is 5.79. The van der Waals surface area contributed by atoms with E-state index in [2.05, 4.69) is 43.4 Å². The second-order valence-corrected chi connectivity index (χ2v) is 6.54. The number of fused-ring (bicyclic) bond motifs is 1. The Bertz CT molecular complexity index is 445. The van der Waals surface area contributed by atoms with Crippen LogP contribution in [0, 0.1) is 5.92 Å². The van der Waals surface area contributed by atoms with Gasteiger partial charge in [0.2, 0.25) is 0 Å². The molecule has 3 rings (SSSR count). The number of hydrogen-bond donors (Lipinski definition) is 1. The van der Waals surface area contributed by atoms with Crippen LogP contribution in [-0.2, 0) is 11.2 Å². The third-order valence-corrected chi connectivity index (χ3v) is 4.95. The van der Waals surface area contributed by atoms with Gasteiger partial charge in [-0.05, 0) is 56.2 Å². The van der Waals surface area contributed by atoms with Gasteiger partial charge in [-0.2, -0.15) is 0 Å². The highest BCUT2D eigenvalue weighted by atomic mass is 16.5. The lowest BCUT2D eigenvalue weighted by atomic mass is 9.73. The van der Waals surface area contributed by atoms with Crippen molar-refractivity contribution in [1.29, 1.82) is 0 Å². The Morgan fingerprint density at radius 2 is 2.20 bits per heavy atom. The van der Waals surface area contributed by atoms with E-state index < -0.39 is 0 Å². The number of benzene rings is 1. The Morgan fingerprint density at radius 3 is 2.90 bits per heavy atom.